The minimum Gasteiger partial charge on any atom is -0.228 e. The SMILES string of the molecule is Fc1cccc(-c2nc(Cl)c3ccc(Cl)cc3n2)c1. The maximum Gasteiger partial charge on any atom is 0.161 e. The summed E-state index contributed by atoms with van der Waals surface area (Å²) < 4.78 is 13.2. The minimum absolute atomic E-state index is 0.320. The zero-order valence-corrected chi connectivity index (χ0v) is 11.1. The summed E-state index contributed by atoms with van der Waals surface area (Å²) in [5.41, 5.74) is 1.20. The standard InChI is InChI=1S/C14H7Cl2FN2/c15-9-4-5-11-12(7-9)18-14(19-13(11)16)8-2-1-3-10(17)6-8/h1-7H. The van der Waals surface area contributed by atoms with Crippen molar-refractivity contribution in [1.29, 1.82) is 0 Å². The van der Waals surface area contributed by atoms with Crippen molar-refractivity contribution < 1.29 is 4.39 Å². The van der Waals surface area contributed by atoms with Crippen LogP contribution in [0.2, 0.25) is 10.2 Å². The Bertz CT molecular complexity index is 774. The summed E-state index contributed by atoms with van der Waals surface area (Å²) in [6.07, 6.45) is 0. The third-order valence-electron chi connectivity index (χ3n) is 2.70. The van der Waals surface area contributed by atoms with Crippen molar-refractivity contribution >= 4 is 34.1 Å². The molecule has 0 saturated carbocycles. The van der Waals surface area contributed by atoms with Gasteiger partial charge in [-0.1, -0.05) is 35.3 Å². The van der Waals surface area contributed by atoms with Crippen LogP contribution in [0, 0.1) is 5.82 Å². The topological polar surface area (TPSA) is 25.8 Å². The van der Waals surface area contributed by atoms with Gasteiger partial charge < -0.3 is 0 Å². The molecule has 5 heteroatoms. The molecule has 19 heavy (non-hydrogen) atoms. The molecule has 0 amide bonds. The first-order valence-corrected chi connectivity index (χ1v) is 6.28. The monoisotopic (exact) mass is 292 g/mol. The van der Waals surface area contributed by atoms with E-state index in [4.69, 9.17) is 23.2 Å². The molecule has 0 bridgehead atoms. The molecule has 2 nitrogen and oxygen atoms in total. The number of hydrogen-bond donors (Lipinski definition) is 0. The van der Waals surface area contributed by atoms with Gasteiger partial charge in [0.05, 0.1) is 5.52 Å². The molecular formula is C14H7Cl2FN2. The van der Waals surface area contributed by atoms with Gasteiger partial charge in [-0.15, -0.1) is 0 Å². The summed E-state index contributed by atoms with van der Waals surface area (Å²) in [6, 6.07) is 11.2. The summed E-state index contributed by atoms with van der Waals surface area (Å²) in [4.78, 5) is 8.55. The number of rotatable bonds is 1. The summed E-state index contributed by atoms with van der Waals surface area (Å²) in [7, 11) is 0. The largest absolute Gasteiger partial charge is 0.228 e. The first-order valence-electron chi connectivity index (χ1n) is 5.52. The van der Waals surface area contributed by atoms with Crippen molar-refractivity contribution in [1.82, 2.24) is 9.97 Å². The maximum atomic E-state index is 13.2. The minimum atomic E-state index is -0.344. The van der Waals surface area contributed by atoms with Gasteiger partial charge in [0.1, 0.15) is 11.0 Å². The normalized spacial score (nSPS) is 10.9. The Morgan fingerprint density at radius 2 is 1.79 bits per heavy atom. The molecule has 0 N–H and O–H groups in total. The molecule has 2 aromatic carbocycles. The van der Waals surface area contributed by atoms with E-state index in [1.165, 1.54) is 12.1 Å². The fraction of sp³-hybridized carbons (Fsp3) is 0. The first-order chi connectivity index (χ1) is 9.13. The smallest absolute Gasteiger partial charge is 0.161 e. The second-order valence-electron chi connectivity index (χ2n) is 4.01. The molecule has 0 saturated heterocycles. The van der Waals surface area contributed by atoms with Gasteiger partial charge in [-0.3, -0.25) is 0 Å². The molecule has 3 rings (SSSR count). The molecule has 94 valence electrons. The average molecular weight is 293 g/mol. The van der Waals surface area contributed by atoms with Crippen molar-refractivity contribution in [3.05, 3.63) is 58.5 Å². The van der Waals surface area contributed by atoms with Gasteiger partial charge in [-0.25, -0.2) is 14.4 Å². The van der Waals surface area contributed by atoms with Crippen LogP contribution in [0.4, 0.5) is 4.39 Å². The van der Waals surface area contributed by atoms with E-state index in [-0.39, 0.29) is 5.82 Å². The zero-order valence-electron chi connectivity index (χ0n) is 9.57. The average Bonchev–Trinajstić information content (AvgIpc) is 2.38. The second kappa shape index (κ2) is 4.76. The van der Waals surface area contributed by atoms with Crippen LogP contribution in [0.5, 0.6) is 0 Å². The highest BCUT2D eigenvalue weighted by atomic mass is 35.5. The lowest BCUT2D eigenvalue weighted by atomic mass is 10.2. The van der Waals surface area contributed by atoms with Crippen LogP contribution in [0.1, 0.15) is 0 Å². The lowest BCUT2D eigenvalue weighted by Gasteiger charge is -2.05. The molecule has 0 spiro atoms. The Kier molecular flexibility index (Phi) is 3.09. The van der Waals surface area contributed by atoms with E-state index >= 15 is 0 Å². The quantitative estimate of drug-likeness (QED) is 0.605. The Morgan fingerprint density at radius 3 is 2.58 bits per heavy atom. The first kappa shape index (κ1) is 12.3. The maximum absolute atomic E-state index is 13.2. The Morgan fingerprint density at radius 1 is 0.947 bits per heavy atom. The highest BCUT2D eigenvalue weighted by Crippen LogP contribution is 2.26. The second-order valence-corrected chi connectivity index (χ2v) is 4.80. The molecular weight excluding hydrogens is 286 g/mol. The summed E-state index contributed by atoms with van der Waals surface area (Å²) in [5.74, 6) is 0.0303. The van der Waals surface area contributed by atoms with Crippen LogP contribution in [-0.2, 0) is 0 Å². The number of nitrogens with zero attached hydrogens (tertiary/aromatic N) is 2. The number of fused-ring (bicyclic) bond motifs is 1. The molecule has 1 heterocycles. The molecule has 0 aliphatic heterocycles. The van der Waals surface area contributed by atoms with Gasteiger partial charge in [0.2, 0.25) is 0 Å². The van der Waals surface area contributed by atoms with E-state index in [0.717, 1.165) is 0 Å². The van der Waals surface area contributed by atoms with Gasteiger partial charge in [-0.2, -0.15) is 0 Å². The molecule has 3 aromatic rings. The van der Waals surface area contributed by atoms with Crippen molar-refractivity contribution in [2.75, 3.05) is 0 Å². The third kappa shape index (κ3) is 2.39. The number of hydrogen-bond acceptors (Lipinski definition) is 2. The Balaban J connectivity index is 2.25. The third-order valence-corrected chi connectivity index (χ3v) is 3.22. The van der Waals surface area contributed by atoms with E-state index < -0.39 is 0 Å². The lowest BCUT2D eigenvalue weighted by Crippen LogP contribution is -1.92. The van der Waals surface area contributed by atoms with Gasteiger partial charge in [0.15, 0.2) is 5.82 Å². The van der Waals surface area contributed by atoms with Crippen LogP contribution in [0.15, 0.2) is 42.5 Å². The van der Waals surface area contributed by atoms with E-state index in [9.17, 15) is 4.39 Å². The number of aromatic nitrogens is 2. The Labute approximate surface area is 118 Å². The molecule has 0 aliphatic carbocycles. The van der Waals surface area contributed by atoms with Gasteiger partial charge >= 0.3 is 0 Å². The van der Waals surface area contributed by atoms with Crippen molar-refractivity contribution in [3.63, 3.8) is 0 Å². The van der Waals surface area contributed by atoms with E-state index in [1.54, 1.807) is 30.3 Å². The van der Waals surface area contributed by atoms with Gasteiger partial charge in [0.25, 0.3) is 0 Å². The van der Waals surface area contributed by atoms with E-state index in [0.29, 0.717) is 32.5 Å². The van der Waals surface area contributed by atoms with Crippen LogP contribution in [0.25, 0.3) is 22.3 Å². The molecule has 1 aromatic heterocycles. The molecule has 0 radical (unpaired) electrons. The molecule has 0 atom stereocenters. The van der Waals surface area contributed by atoms with Crippen LogP contribution < -0.4 is 0 Å². The number of benzene rings is 2. The van der Waals surface area contributed by atoms with Crippen LogP contribution >= 0.6 is 23.2 Å². The van der Waals surface area contributed by atoms with Crippen molar-refractivity contribution in [2.45, 2.75) is 0 Å². The van der Waals surface area contributed by atoms with Crippen molar-refractivity contribution in [2.24, 2.45) is 0 Å². The van der Waals surface area contributed by atoms with Crippen LogP contribution in [-0.4, -0.2) is 9.97 Å². The Hall–Kier alpha value is -1.71. The molecule has 0 aliphatic rings. The van der Waals surface area contributed by atoms with Crippen molar-refractivity contribution in [3.8, 4) is 11.4 Å². The predicted octanol–water partition coefficient (Wildman–Crippen LogP) is 4.74. The fourth-order valence-corrected chi connectivity index (χ4v) is 2.23. The van der Waals surface area contributed by atoms with E-state index in [2.05, 4.69) is 9.97 Å². The molecule has 0 fully saturated rings. The summed E-state index contributed by atoms with van der Waals surface area (Å²) in [6.45, 7) is 0. The summed E-state index contributed by atoms with van der Waals surface area (Å²) in [5, 5.41) is 1.60. The highest BCUT2D eigenvalue weighted by Gasteiger charge is 2.08. The summed E-state index contributed by atoms with van der Waals surface area (Å²) >= 11 is 12.0. The highest BCUT2D eigenvalue weighted by molar-refractivity contribution is 6.35. The lowest BCUT2D eigenvalue weighted by molar-refractivity contribution is 0.628. The van der Waals surface area contributed by atoms with Gasteiger partial charge in [-0.05, 0) is 30.3 Å². The number of halogens is 3. The fourth-order valence-electron chi connectivity index (χ4n) is 1.82. The zero-order chi connectivity index (χ0) is 13.4. The molecule has 0 unspecified atom stereocenters. The van der Waals surface area contributed by atoms with Crippen LogP contribution in [0.3, 0.4) is 0 Å². The predicted molar refractivity (Wildman–Crippen MR) is 75.0 cm³/mol. The van der Waals surface area contributed by atoms with Gasteiger partial charge in [0, 0.05) is 16.0 Å². The van der Waals surface area contributed by atoms with E-state index in [1.807, 2.05) is 0 Å².